The summed E-state index contributed by atoms with van der Waals surface area (Å²) in [7, 11) is 0. The van der Waals surface area contributed by atoms with Crippen LogP contribution >= 0.6 is 22.6 Å². The first-order valence-electron chi connectivity index (χ1n) is 3.67. The highest BCUT2D eigenvalue weighted by atomic mass is 127. The van der Waals surface area contributed by atoms with E-state index in [-0.39, 0.29) is 12.1 Å². The fourth-order valence-electron chi connectivity index (χ4n) is 0.932. The minimum Gasteiger partial charge on any atom is -0.325 e. The zero-order chi connectivity index (χ0) is 10.7. The highest BCUT2D eigenvalue weighted by Gasteiger charge is 2.14. The molecule has 0 spiro atoms. The van der Waals surface area contributed by atoms with E-state index < -0.39 is 12.1 Å². The summed E-state index contributed by atoms with van der Waals surface area (Å²) in [6.07, 6.45) is -2.68. The summed E-state index contributed by atoms with van der Waals surface area (Å²) in [4.78, 5) is 3.67. The zero-order valence-electron chi connectivity index (χ0n) is 6.97. The summed E-state index contributed by atoms with van der Waals surface area (Å²) in [5, 5.41) is 8.68. The van der Waals surface area contributed by atoms with Crippen molar-refractivity contribution in [1.82, 2.24) is 4.98 Å². The zero-order valence-corrected chi connectivity index (χ0v) is 9.12. The third kappa shape index (κ3) is 2.16. The van der Waals surface area contributed by atoms with Crippen LogP contribution in [-0.4, -0.2) is 4.98 Å². The van der Waals surface area contributed by atoms with Gasteiger partial charge in [-0.05, 0) is 28.7 Å². The van der Waals surface area contributed by atoms with Crippen LogP contribution in [0.3, 0.4) is 0 Å². The molecule has 0 radical (unpaired) electrons. The van der Waals surface area contributed by atoms with Crippen LogP contribution in [0, 0.1) is 14.9 Å². The van der Waals surface area contributed by atoms with E-state index in [1.807, 2.05) is 28.7 Å². The second kappa shape index (κ2) is 4.61. The molecular weight excluding hydrogens is 303 g/mol. The number of aromatic nitrogens is 1. The van der Waals surface area contributed by atoms with Gasteiger partial charge in [0.2, 0.25) is 0 Å². The molecule has 2 N–H and O–H groups in total. The van der Waals surface area contributed by atoms with E-state index in [9.17, 15) is 8.78 Å². The first-order valence-corrected chi connectivity index (χ1v) is 4.75. The molecule has 1 heterocycles. The van der Waals surface area contributed by atoms with Gasteiger partial charge in [0.15, 0.2) is 0 Å². The first-order chi connectivity index (χ1) is 6.60. The van der Waals surface area contributed by atoms with Crippen molar-refractivity contribution in [3.63, 3.8) is 0 Å². The van der Waals surface area contributed by atoms with E-state index in [0.717, 1.165) is 6.07 Å². The summed E-state index contributed by atoms with van der Waals surface area (Å²) < 4.78 is 25.2. The Morgan fingerprint density at radius 3 is 2.71 bits per heavy atom. The number of nitrogens with two attached hydrogens (primary N) is 1. The van der Waals surface area contributed by atoms with Gasteiger partial charge in [-0.15, -0.1) is 0 Å². The molecule has 0 saturated heterocycles. The molecule has 0 atom stereocenters. The molecule has 0 saturated carbocycles. The lowest BCUT2D eigenvalue weighted by Gasteiger charge is -2.06. The summed E-state index contributed by atoms with van der Waals surface area (Å²) in [6.45, 7) is 0.0491. The molecule has 1 aromatic rings. The average molecular weight is 309 g/mol. The molecule has 0 aliphatic carbocycles. The summed E-state index contributed by atoms with van der Waals surface area (Å²) in [5.41, 5.74) is 5.45. The van der Waals surface area contributed by atoms with Crippen LogP contribution < -0.4 is 5.73 Å². The predicted molar refractivity (Wildman–Crippen MR) is 54.5 cm³/mol. The monoisotopic (exact) mass is 309 g/mol. The lowest BCUT2D eigenvalue weighted by atomic mass is 10.2. The fraction of sp³-hybridized carbons (Fsp3) is 0.250. The summed E-state index contributed by atoms with van der Waals surface area (Å²) in [5.74, 6) is 0. The van der Waals surface area contributed by atoms with E-state index in [1.165, 1.54) is 0 Å². The maximum atomic E-state index is 12.3. The maximum Gasteiger partial charge on any atom is 0.280 e. The second-order valence-electron chi connectivity index (χ2n) is 2.47. The smallest absolute Gasteiger partial charge is 0.280 e. The largest absolute Gasteiger partial charge is 0.325 e. The third-order valence-electron chi connectivity index (χ3n) is 1.58. The molecule has 0 aliphatic heterocycles. The minimum atomic E-state index is -2.68. The van der Waals surface area contributed by atoms with E-state index in [2.05, 4.69) is 4.98 Å². The average Bonchev–Trinajstić information content (AvgIpc) is 2.17. The van der Waals surface area contributed by atoms with Gasteiger partial charge < -0.3 is 5.73 Å². The SMILES string of the molecule is N#Cc1cc(C(F)F)nc(CN)c1I. The Morgan fingerprint density at radius 1 is 1.64 bits per heavy atom. The Bertz CT molecular complexity index is 387. The van der Waals surface area contributed by atoms with Gasteiger partial charge in [-0.3, -0.25) is 0 Å². The summed E-state index contributed by atoms with van der Waals surface area (Å²) >= 11 is 1.87. The number of halogens is 3. The highest BCUT2D eigenvalue weighted by molar-refractivity contribution is 14.1. The van der Waals surface area contributed by atoms with Crippen molar-refractivity contribution in [2.24, 2.45) is 5.73 Å². The van der Waals surface area contributed by atoms with Crippen LogP contribution in [0.1, 0.15) is 23.4 Å². The highest BCUT2D eigenvalue weighted by Crippen LogP contribution is 2.22. The molecule has 14 heavy (non-hydrogen) atoms. The van der Waals surface area contributed by atoms with Gasteiger partial charge in [-0.1, -0.05) is 0 Å². The number of nitrogens with zero attached hydrogens (tertiary/aromatic N) is 2. The van der Waals surface area contributed by atoms with E-state index in [0.29, 0.717) is 9.26 Å². The van der Waals surface area contributed by atoms with Crippen molar-refractivity contribution in [2.75, 3.05) is 0 Å². The normalized spacial score (nSPS) is 10.3. The number of nitriles is 1. The number of pyridine rings is 1. The molecule has 0 aliphatic rings. The van der Waals surface area contributed by atoms with Crippen LogP contribution in [0.2, 0.25) is 0 Å². The number of hydrogen-bond acceptors (Lipinski definition) is 3. The van der Waals surface area contributed by atoms with Crippen molar-refractivity contribution in [2.45, 2.75) is 13.0 Å². The Kier molecular flexibility index (Phi) is 3.71. The molecule has 1 aromatic heterocycles. The maximum absolute atomic E-state index is 12.3. The molecule has 0 fully saturated rings. The van der Waals surface area contributed by atoms with Crippen molar-refractivity contribution < 1.29 is 8.78 Å². The third-order valence-corrected chi connectivity index (χ3v) is 2.79. The van der Waals surface area contributed by atoms with Crippen LogP contribution in [-0.2, 0) is 6.54 Å². The Morgan fingerprint density at radius 2 is 2.29 bits per heavy atom. The Labute approximate surface area is 93.1 Å². The van der Waals surface area contributed by atoms with Crippen molar-refractivity contribution in [3.8, 4) is 6.07 Å². The van der Waals surface area contributed by atoms with Crippen LogP contribution in [0.4, 0.5) is 8.78 Å². The van der Waals surface area contributed by atoms with E-state index in [1.54, 1.807) is 0 Å². The molecular formula is C8H6F2IN3. The van der Waals surface area contributed by atoms with Gasteiger partial charge in [0.05, 0.1) is 14.8 Å². The minimum absolute atomic E-state index is 0.0491. The van der Waals surface area contributed by atoms with Gasteiger partial charge in [-0.2, -0.15) is 5.26 Å². The van der Waals surface area contributed by atoms with Gasteiger partial charge in [0.25, 0.3) is 6.43 Å². The van der Waals surface area contributed by atoms with Crippen LogP contribution in [0.25, 0.3) is 0 Å². The number of hydrogen-bond donors (Lipinski definition) is 1. The number of alkyl halides is 2. The van der Waals surface area contributed by atoms with E-state index >= 15 is 0 Å². The van der Waals surface area contributed by atoms with Gasteiger partial charge in [0, 0.05) is 6.54 Å². The molecule has 1 rings (SSSR count). The molecule has 0 unspecified atom stereocenters. The Hall–Kier alpha value is -0.810. The van der Waals surface area contributed by atoms with Gasteiger partial charge in [-0.25, -0.2) is 13.8 Å². The second-order valence-corrected chi connectivity index (χ2v) is 3.55. The topological polar surface area (TPSA) is 62.7 Å². The molecule has 6 heteroatoms. The first kappa shape index (κ1) is 11.3. The Balaban J connectivity index is 3.34. The molecule has 74 valence electrons. The van der Waals surface area contributed by atoms with E-state index in [4.69, 9.17) is 11.0 Å². The van der Waals surface area contributed by atoms with Crippen LogP contribution in [0.15, 0.2) is 6.07 Å². The lowest BCUT2D eigenvalue weighted by Crippen LogP contribution is -2.07. The van der Waals surface area contributed by atoms with Crippen LogP contribution in [0.5, 0.6) is 0 Å². The lowest BCUT2D eigenvalue weighted by molar-refractivity contribution is 0.145. The predicted octanol–water partition coefficient (Wildman–Crippen LogP) is 1.95. The molecule has 0 amide bonds. The van der Waals surface area contributed by atoms with Crippen molar-refractivity contribution >= 4 is 22.6 Å². The quantitative estimate of drug-likeness (QED) is 0.849. The standard InChI is InChI=1S/C8H6F2IN3/c9-8(10)5-1-4(2-12)7(11)6(3-13)14-5/h1,8H,3,13H2. The fourth-order valence-corrected chi connectivity index (χ4v) is 1.55. The molecule has 0 aromatic carbocycles. The van der Waals surface area contributed by atoms with Crippen molar-refractivity contribution in [1.29, 1.82) is 5.26 Å². The molecule has 3 nitrogen and oxygen atoms in total. The van der Waals surface area contributed by atoms with Gasteiger partial charge in [0.1, 0.15) is 11.8 Å². The summed E-state index contributed by atoms with van der Waals surface area (Å²) in [6, 6.07) is 2.92. The van der Waals surface area contributed by atoms with Gasteiger partial charge >= 0.3 is 0 Å². The molecule has 0 bridgehead atoms. The number of rotatable bonds is 2. The van der Waals surface area contributed by atoms with Crippen molar-refractivity contribution in [3.05, 3.63) is 26.6 Å².